The molecule has 0 aliphatic carbocycles. The number of piperidine rings is 1. The summed E-state index contributed by atoms with van der Waals surface area (Å²) in [6.07, 6.45) is 5.70. The first-order valence-electron chi connectivity index (χ1n) is 9.26. The minimum Gasteiger partial charge on any atom is -0.362 e. The number of hydrogen-bond donors (Lipinski definition) is 1. The zero-order valence-electron chi connectivity index (χ0n) is 14.9. The second-order valence-corrected chi connectivity index (χ2v) is 8.41. The minimum atomic E-state index is -0.189. The number of anilines is 1. The molecule has 1 amide bonds. The molecular formula is C20H21ClFN3OS. The highest BCUT2D eigenvalue weighted by molar-refractivity contribution is 7.99. The molecule has 1 aromatic heterocycles. The van der Waals surface area contributed by atoms with Gasteiger partial charge in [0, 0.05) is 29.9 Å². The van der Waals surface area contributed by atoms with Gasteiger partial charge in [-0.05, 0) is 43.4 Å². The van der Waals surface area contributed by atoms with Crippen molar-refractivity contribution >= 4 is 35.1 Å². The summed E-state index contributed by atoms with van der Waals surface area (Å²) in [5.74, 6) is 1.15. The predicted molar refractivity (Wildman–Crippen MR) is 107 cm³/mol. The van der Waals surface area contributed by atoms with Crippen molar-refractivity contribution in [3.8, 4) is 0 Å². The molecule has 7 heteroatoms. The molecule has 1 fully saturated rings. The Morgan fingerprint density at radius 3 is 2.89 bits per heavy atom. The maximum atomic E-state index is 14.0. The Morgan fingerprint density at radius 1 is 1.30 bits per heavy atom. The van der Waals surface area contributed by atoms with E-state index in [1.54, 1.807) is 18.3 Å². The van der Waals surface area contributed by atoms with Crippen molar-refractivity contribution in [2.24, 2.45) is 0 Å². The molecule has 0 bridgehead atoms. The first-order valence-corrected chi connectivity index (χ1v) is 10.6. The van der Waals surface area contributed by atoms with E-state index in [1.807, 2.05) is 11.0 Å². The summed E-state index contributed by atoms with van der Waals surface area (Å²) in [6, 6.07) is 6.78. The summed E-state index contributed by atoms with van der Waals surface area (Å²) in [5, 5.41) is 3.74. The average Bonchev–Trinajstić information content (AvgIpc) is 2.70. The number of nitrogens with one attached hydrogen (secondary N) is 1. The molecule has 2 aromatic rings. The van der Waals surface area contributed by atoms with Crippen LogP contribution in [0, 0.1) is 5.82 Å². The number of aromatic nitrogens is 1. The largest absolute Gasteiger partial charge is 0.362 e. The molecule has 1 aromatic carbocycles. The number of nitrogens with zero attached hydrogens (tertiary/aromatic N) is 2. The van der Waals surface area contributed by atoms with Gasteiger partial charge < -0.3 is 10.2 Å². The number of benzene rings is 1. The molecule has 2 aliphatic rings. The van der Waals surface area contributed by atoms with Gasteiger partial charge in [0.2, 0.25) is 0 Å². The molecule has 0 saturated carbocycles. The van der Waals surface area contributed by atoms with Crippen molar-refractivity contribution in [1.29, 1.82) is 0 Å². The molecule has 0 radical (unpaired) electrons. The van der Waals surface area contributed by atoms with Crippen LogP contribution in [0.4, 0.5) is 10.2 Å². The lowest BCUT2D eigenvalue weighted by Crippen LogP contribution is -2.35. The Hall–Kier alpha value is -1.79. The van der Waals surface area contributed by atoms with Crippen molar-refractivity contribution in [2.45, 2.75) is 36.6 Å². The van der Waals surface area contributed by atoms with Gasteiger partial charge in [0.25, 0.3) is 5.91 Å². The Balaban J connectivity index is 1.53. The van der Waals surface area contributed by atoms with Crippen molar-refractivity contribution in [3.05, 3.63) is 52.4 Å². The Bertz CT molecular complexity index is 857. The van der Waals surface area contributed by atoms with Crippen LogP contribution in [0.1, 0.15) is 47.6 Å². The number of carbonyl (C=O) groups is 1. The highest BCUT2D eigenvalue weighted by atomic mass is 35.5. The third kappa shape index (κ3) is 3.92. The average molecular weight is 406 g/mol. The van der Waals surface area contributed by atoms with Gasteiger partial charge in [0.1, 0.15) is 11.6 Å². The quantitative estimate of drug-likeness (QED) is 0.767. The van der Waals surface area contributed by atoms with Gasteiger partial charge in [-0.25, -0.2) is 9.37 Å². The molecule has 0 spiro atoms. The van der Waals surface area contributed by atoms with Crippen LogP contribution >= 0.6 is 23.4 Å². The number of halogens is 2. The highest BCUT2D eigenvalue weighted by Gasteiger charge is 2.25. The van der Waals surface area contributed by atoms with E-state index in [9.17, 15) is 9.18 Å². The summed E-state index contributed by atoms with van der Waals surface area (Å²) in [7, 11) is 0. The summed E-state index contributed by atoms with van der Waals surface area (Å²) >= 11 is 7.95. The lowest BCUT2D eigenvalue weighted by molar-refractivity contribution is 0.0724. The first-order chi connectivity index (χ1) is 13.1. The summed E-state index contributed by atoms with van der Waals surface area (Å²) < 4.78 is 14.0. The van der Waals surface area contributed by atoms with Crippen LogP contribution in [0.15, 0.2) is 35.4 Å². The summed E-state index contributed by atoms with van der Waals surface area (Å²) in [6.45, 7) is 1.58. The summed E-state index contributed by atoms with van der Waals surface area (Å²) in [4.78, 5) is 19.6. The van der Waals surface area contributed by atoms with Gasteiger partial charge in [-0.2, -0.15) is 0 Å². The number of fused-ring (bicyclic) bond motifs is 1. The van der Waals surface area contributed by atoms with Crippen LogP contribution in [0.5, 0.6) is 0 Å². The number of hydrogen-bond acceptors (Lipinski definition) is 4. The van der Waals surface area contributed by atoms with Crippen LogP contribution in [0.2, 0.25) is 5.02 Å². The predicted octanol–water partition coefficient (Wildman–Crippen LogP) is 5.15. The smallest absolute Gasteiger partial charge is 0.255 e. The van der Waals surface area contributed by atoms with Gasteiger partial charge in [-0.1, -0.05) is 23.7 Å². The lowest BCUT2D eigenvalue weighted by atomic mass is 10.0. The summed E-state index contributed by atoms with van der Waals surface area (Å²) in [5.41, 5.74) is 1.44. The maximum absolute atomic E-state index is 14.0. The molecule has 27 heavy (non-hydrogen) atoms. The van der Waals surface area contributed by atoms with E-state index in [2.05, 4.69) is 10.3 Å². The van der Waals surface area contributed by atoms with Crippen LogP contribution in [-0.4, -0.2) is 34.6 Å². The topological polar surface area (TPSA) is 45.2 Å². The third-order valence-electron chi connectivity index (χ3n) is 5.07. The second kappa shape index (κ2) is 8.07. The number of rotatable bonds is 3. The fourth-order valence-corrected chi connectivity index (χ4v) is 5.00. The highest BCUT2D eigenvalue weighted by Crippen LogP contribution is 2.39. The number of thioether (sulfide) groups is 1. The van der Waals surface area contributed by atoms with Crippen molar-refractivity contribution in [1.82, 2.24) is 9.88 Å². The van der Waals surface area contributed by atoms with Gasteiger partial charge >= 0.3 is 0 Å². The van der Waals surface area contributed by atoms with E-state index in [0.717, 1.165) is 43.7 Å². The van der Waals surface area contributed by atoms with Gasteiger partial charge in [0.15, 0.2) is 0 Å². The second-order valence-electron chi connectivity index (χ2n) is 6.90. The van der Waals surface area contributed by atoms with Crippen LogP contribution in [-0.2, 0) is 0 Å². The molecule has 0 unspecified atom stereocenters. The normalized spacial score (nSPS) is 19.5. The van der Waals surface area contributed by atoms with Gasteiger partial charge in [-0.3, -0.25) is 4.79 Å². The SMILES string of the molecule is O=C(c1cnc(N[C@@H]2CCSc3c(F)cccc32)c(Cl)c1)N1CCCCC1. The van der Waals surface area contributed by atoms with Crippen molar-refractivity contribution < 1.29 is 9.18 Å². The molecular weight excluding hydrogens is 385 g/mol. The van der Waals surface area contributed by atoms with Gasteiger partial charge in [-0.15, -0.1) is 11.8 Å². The van der Waals surface area contributed by atoms with E-state index in [-0.39, 0.29) is 17.8 Å². The molecule has 142 valence electrons. The standard InChI is InChI=1S/C20H21ClFN3OS/c21-15-11-13(20(26)25-8-2-1-3-9-25)12-23-19(15)24-17-7-10-27-18-14(17)5-4-6-16(18)22/h4-6,11-12,17H,1-3,7-10H2,(H,23,24)/t17-/m1/s1. The molecule has 4 nitrogen and oxygen atoms in total. The van der Waals surface area contributed by atoms with Gasteiger partial charge in [0.05, 0.1) is 16.6 Å². The molecule has 1 N–H and O–H groups in total. The van der Waals surface area contributed by atoms with E-state index in [4.69, 9.17) is 11.6 Å². The zero-order valence-corrected chi connectivity index (χ0v) is 16.5. The van der Waals surface area contributed by atoms with Crippen molar-refractivity contribution in [2.75, 3.05) is 24.2 Å². The monoisotopic (exact) mass is 405 g/mol. The molecule has 3 heterocycles. The van der Waals surface area contributed by atoms with E-state index in [1.165, 1.54) is 24.2 Å². The van der Waals surface area contributed by atoms with Crippen LogP contribution < -0.4 is 5.32 Å². The number of likely N-dealkylation sites (tertiary alicyclic amines) is 1. The maximum Gasteiger partial charge on any atom is 0.255 e. The number of amides is 1. The zero-order chi connectivity index (χ0) is 18.8. The number of carbonyl (C=O) groups excluding carboxylic acids is 1. The third-order valence-corrected chi connectivity index (χ3v) is 6.52. The minimum absolute atomic E-state index is 0.0165. The van der Waals surface area contributed by atoms with Crippen LogP contribution in [0.25, 0.3) is 0 Å². The Labute approximate surface area is 167 Å². The van der Waals surface area contributed by atoms with Crippen molar-refractivity contribution in [3.63, 3.8) is 0 Å². The molecule has 1 saturated heterocycles. The van der Waals surface area contributed by atoms with E-state index < -0.39 is 0 Å². The number of pyridine rings is 1. The molecule has 2 aliphatic heterocycles. The Kier molecular flexibility index (Phi) is 5.55. The fourth-order valence-electron chi connectivity index (χ4n) is 3.64. The first kappa shape index (κ1) is 18.6. The molecule has 4 rings (SSSR count). The van der Waals surface area contributed by atoms with E-state index in [0.29, 0.717) is 21.3 Å². The molecule has 1 atom stereocenters. The fraction of sp³-hybridized carbons (Fsp3) is 0.400. The lowest BCUT2D eigenvalue weighted by Gasteiger charge is -2.28. The Morgan fingerprint density at radius 2 is 2.11 bits per heavy atom. The van der Waals surface area contributed by atoms with Crippen LogP contribution in [0.3, 0.4) is 0 Å². The van der Waals surface area contributed by atoms with E-state index >= 15 is 0 Å².